The zero-order valence-electron chi connectivity index (χ0n) is 16.5. The number of phenols is 1. The van der Waals surface area contributed by atoms with Crippen LogP contribution in [-0.2, 0) is 0 Å². The second kappa shape index (κ2) is 6.88. The first-order valence-electron chi connectivity index (χ1n) is 10.0. The summed E-state index contributed by atoms with van der Waals surface area (Å²) in [6.07, 6.45) is 4.29. The number of thiocarbonyl (C=S) groups is 1. The van der Waals surface area contributed by atoms with Gasteiger partial charge in [-0.1, -0.05) is 18.2 Å². The van der Waals surface area contributed by atoms with Crippen molar-refractivity contribution in [2.24, 2.45) is 0 Å². The number of anilines is 1. The van der Waals surface area contributed by atoms with Gasteiger partial charge in [0.1, 0.15) is 5.75 Å². The van der Waals surface area contributed by atoms with Crippen LogP contribution in [0.5, 0.6) is 5.75 Å². The smallest absolute Gasteiger partial charge is 0.174 e. The Morgan fingerprint density at radius 1 is 1.10 bits per heavy atom. The van der Waals surface area contributed by atoms with E-state index in [0.29, 0.717) is 16.8 Å². The van der Waals surface area contributed by atoms with Gasteiger partial charge in [0.15, 0.2) is 5.11 Å². The van der Waals surface area contributed by atoms with Crippen LogP contribution in [0.1, 0.15) is 53.6 Å². The summed E-state index contributed by atoms with van der Waals surface area (Å²) in [7, 11) is 0. The van der Waals surface area contributed by atoms with Crippen molar-refractivity contribution in [3.63, 3.8) is 0 Å². The van der Waals surface area contributed by atoms with Gasteiger partial charge in [0.05, 0.1) is 23.5 Å². The van der Waals surface area contributed by atoms with Crippen LogP contribution in [0.2, 0.25) is 0 Å². The van der Waals surface area contributed by atoms with Crippen molar-refractivity contribution in [2.45, 2.75) is 44.8 Å². The van der Waals surface area contributed by atoms with Crippen molar-refractivity contribution in [3.05, 3.63) is 77.4 Å². The number of benzene rings is 1. The fraction of sp³-hybridized carbons (Fsp3) is 0.304. The molecular formula is C23H24N4OS. The molecule has 2 atom stereocenters. The summed E-state index contributed by atoms with van der Waals surface area (Å²) in [6, 6.07) is 16.0. The van der Waals surface area contributed by atoms with Gasteiger partial charge in [-0.15, -0.1) is 0 Å². The van der Waals surface area contributed by atoms with E-state index < -0.39 is 0 Å². The Morgan fingerprint density at radius 3 is 2.55 bits per heavy atom. The molecule has 2 N–H and O–H groups in total. The molecule has 3 aromatic rings. The number of phenolic OH excluding ortho intramolecular Hbond substituents is 1. The van der Waals surface area contributed by atoms with Crippen LogP contribution in [0.25, 0.3) is 0 Å². The molecule has 1 aliphatic heterocycles. The summed E-state index contributed by atoms with van der Waals surface area (Å²) in [4.78, 5) is 6.65. The zero-order valence-corrected chi connectivity index (χ0v) is 17.4. The lowest BCUT2D eigenvalue weighted by molar-refractivity contribution is 0.472. The highest BCUT2D eigenvalue weighted by Crippen LogP contribution is 2.47. The Balaban J connectivity index is 1.68. The summed E-state index contributed by atoms with van der Waals surface area (Å²) in [5.41, 5.74) is 5.41. The maximum absolute atomic E-state index is 10.6. The highest BCUT2D eigenvalue weighted by atomic mass is 32.1. The number of hydrogen-bond acceptors (Lipinski definition) is 3. The number of nitrogens with zero attached hydrogens (tertiary/aromatic N) is 3. The average Bonchev–Trinajstić information content (AvgIpc) is 3.43. The number of pyridine rings is 1. The van der Waals surface area contributed by atoms with Crippen molar-refractivity contribution in [1.82, 2.24) is 14.9 Å². The molecule has 29 heavy (non-hydrogen) atoms. The number of nitrogens with one attached hydrogen (secondary N) is 1. The van der Waals surface area contributed by atoms with E-state index in [1.165, 1.54) is 29.8 Å². The number of aryl methyl sites for hydroxylation is 1. The molecule has 0 radical (unpaired) electrons. The van der Waals surface area contributed by atoms with Crippen LogP contribution < -0.4 is 10.2 Å². The largest absolute Gasteiger partial charge is 0.506 e. The van der Waals surface area contributed by atoms with Gasteiger partial charge in [0.25, 0.3) is 0 Å². The Morgan fingerprint density at radius 2 is 1.86 bits per heavy atom. The van der Waals surface area contributed by atoms with Crippen molar-refractivity contribution in [2.75, 3.05) is 4.90 Å². The molecule has 0 unspecified atom stereocenters. The molecule has 1 aromatic carbocycles. The van der Waals surface area contributed by atoms with E-state index in [1.807, 2.05) is 47.5 Å². The molecule has 0 bridgehead atoms. The molecule has 1 aliphatic carbocycles. The maximum Gasteiger partial charge on any atom is 0.174 e. The SMILES string of the molecule is Cc1cc([C@H]2[C@H](c3ccccn3)NC(=S)N2c2ccccc2O)c(C)n1C1CC1. The van der Waals surface area contributed by atoms with Gasteiger partial charge >= 0.3 is 0 Å². The standard InChI is InChI=1S/C23H24N4OS/c1-14-13-17(15(2)26(14)16-10-11-16)22-21(18-7-5-6-12-24-18)25-23(29)27(22)19-8-3-4-9-20(19)28/h3-9,12-13,16,21-22,28H,10-11H2,1-2H3,(H,25,29)/t21-,22-/m0/s1. The van der Waals surface area contributed by atoms with E-state index >= 15 is 0 Å². The summed E-state index contributed by atoms with van der Waals surface area (Å²) >= 11 is 5.75. The maximum atomic E-state index is 10.6. The molecule has 2 aliphatic rings. The van der Waals surface area contributed by atoms with Crippen molar-refractivity contribution in [1.29, 1.82) is 0 Å². The molecule has 0 spiro atoms. The average molecular weight is 405 g/mol. The molecule has 5 nitrogen and oxygen atoms in total. The lowest BCUT2D eigenvalue weighted by atomic mass is 9.96. The quantitative estimate of drug-likeness (QED) is 0.617. The summed E-state index contributed by atoms with van der Waals surface area (Å²) in [5.74, 6) is 0.222. The monoisotopic (exact) mass is 404 g/mol. The molecule has 1 saturated carbocycles. The van der Waals surface area contributed by atoms with Crippen molar-refractivity contribution in [3.8, 4) is 5.75 Å². The predicted molar refractivity (Wildman–Crippen MR) is 118 cm³/mol. The van der Waals surface area contributed by atoms with Gasteiger partial charge < -0.3 is 19.9 Å². The van der Waals surface area contributed by atoms with Crippen LogP contribution in [0.3, 0.4) is 0 Å². The third-order valence-corrected chi connectivity index (χ3v) is 6.31. The molecule has 5 rings (SSSR count). The van der Waals surface area contributed by atoms with Gasteiger partial charge in [-0.25, -0.2) is 0 Å². The Hall–Kier alpha value is -2.86. The summed E-state index contributed by atoms with van der Waals surface area (Å²) in [6.45, 7) is 4.37. The summed E-state index contributed by atoms with van der Waals surface area (Å²) in [5, 5.41) is 14.7. The molecule has 3 heterocycles. The highest BCUT2D eigenvalue weighted by molar-refractivity contribution is 7.80. The third-order valence-electron chi connectivity index (χ3n) is 5.99. The van der Waals surface area contributed by atoms with E-state index in [4.69, 9.17) is 12.2 Å². The predicted octanol–water partition coefficient (Wildman–Crippen LogP) is 4.72. The minimum absolute atomic E-state index is 0.0931. The minimum atomic E-state index is -0.101. The van der Waals surface area contributed by atoms with Crippen LogP contribution in [0.4, 0.5) is 5.69 Å². The van der Waals surface area contributed by atoms with E-state index in [2.05, 4.69) is 34.8 Å². The second-order valence-corrected chi connectivity index (χ2v) is 8.30. The number of hydrogen-bond donors (Lipinski definition) is 2. The zero-order chi connectivity index (χ0) is 20.1. The fourth-order valence-electron chi connectivity index (χ4n) is 4.59. The Kier molecular flexibility index (Phi) is 4.32. The van der Waals surface area contributed by atoms with Crippen LogP contribution >= 0.6 is 12.2 Å². The summed E-state index contributed by atoms with van der Waals surface area (Å²) < 4.78 is 2.45. The molecule has 2 fully saturated rings. The highest BCUT2D eigenvalue weighted by Gasteiger charge is 2.43. The van der Waals surface area contributed by atoms with Gasteiger partial charge in [-0.2, -0.15) is 0 Å². The molecule has 6 heteroatoms. The second-order valence-electron chi connectivity index (χ2n) is 7.91. The van der Waals surface area contributed by atoms with Gasteiger partial charge in [0.2, 0.25) is 0 Å². The number of para-hydroxylation sites is 2. The fourth-order valence-corrected chi connectivity index (χ4v) is 4.93. The first-order valence-corrected chi connectivity index (χ1v) is 10.4. The van der Waals surface area contributed by atoms with E-state index in [-0.39, 0.29) is 17.8 Å². The molecule has 1 saturated heterocycles. The van der Waals surface area contributed by atoms with E-state index in [0.717, 1.165) is 5.69 Å². The van der Waals surface area contributed by atoms with E-state index in [1.54, 1.807) is 6.07 Å². The van der Waals surface area contributed by atoms with E-state index in [9.17, 15) is 5.11 Å². The third kappa shape index (κ3) is 2.99. The number of aromatic nitrogens is 2. The van der Waals surface area contributed by atoms with Crippen LogP contribution in [0.15, 0.2) is 54.7 Å². The Labute approximate surface area is 176 Å². The number of aromatic hydroxyl groups is 1. The first-order chi connectivity index (χ1) is 14.1. The van der Waals surface area contributed by atoms with Crippen molar-refractivity contribution < 1.29 is 5.11 Å². The van der Waals surface area contributed by atoms with Gasteiger partial charge in [-0.3, -0.25) is 4.98 Å². The van der Waals surface area contributed by atoms with Crippen molar-refractivity contribution >= 4 is 23.0 Å². The first kappa shape index (κ1) is 18.2. The van der Waals surface area contributed by atoms with Crippen LogP contribution in [-0.4, -0.2) is 19.8 Å². The van der Waals surface area contributed by atoms with Crippen LogP contribution in [0, 0.1) is 13.8 Å². The molecule has 148 valence electrons. The molecule has 2 aromatic heterocycles. The van der Waals surface area contributed by atoms with Gasteiger partial charge in [0, 0.05) is 23.6 Å². The lowest BCUT2D eigenvalue weighted by Crippen LogP contribution is -2.29. The van der Waals surface area contributed by atoms with Gasteiger partial charge in [-0.05, 0) is 74.8 Å². The molecule has 0 amide bonds. The Bertz CT molecular complexity index is 1070. The number of rotatable bonds is 4. The normalized spacial score (nSPS) is 21.4. The molecular weight excluding hydrogens is 380 g/mol. The lowest BCUT2D eigenvalue weighted by Gasteiger charge is -2.28. The minimum Gasteiger partial charge on any atom is -0.506 e. The topological polar surface area (TPSA) is 53.3 Å².